The van der Waals surface area contributed by atoms with Gasteiger partial charge in [0.05, 0.1) is 23.2 Å². The Morgan fingerprint density at radius 1 is 1.17 bits per heavy atom. The van der Waals surface area contributed by atoms with Gasteiger partial charge in [0.25, 0.3) is 5.56 Å². The van der Waals surface area contributed by atoms with E-state index in [1.165, 1.54) is 30.6 Å². The molecule has 2 heterocycles. The van der Waals surface area contributed by atoms with Gasteiger partial charge < -0.3 is 15.6 Å². The summed E-state index contributed by atoms with van der Waals surface area (Å²) in [4.78, 5) is 22.0. The number of anilines is 2. The maximum Gasteiger partial charge on any atom is 0.259 e. The first-order chi connectivity index (χ1) is 16.9. The zero-order chi connectivity index (χ0) is 24.5. The van der Waals surface area contributed by atoms with Crippen LogP contribution in [0.2, 0.25) is 0 Å². The molecule has 1 aliphatic carbocycles. The van der Waals surface area contributed by atoms with Crippen LogP contribution in [0.5, 0.6) is 0 Å². The minimum absolute atomic E-state index is 0.0331. The average Bonchev–Trinajstić information content (AvgIpc) is 3.37. The lowest BCUT2D eigenvalue weighted by Crippen LogP contribution is -2.28. The highest BCUT2D eigenvalue weighted by Crippen LogP contribution is 2.31. The first kappa shape index (κ1) is 22.7. The quantitative estimate of drug-likeness (QED) is 0.345. The van der Waals surface area contributed by atoms with E-state index in [-0.39, 0.29) is 28.9 Å². The Balaban J connectivity index is 1.54. The fourth-order valence-electron chi connectivity index (χ4n) is 5.02. The van der Waals surface area contributed by atoms with Gasteiger partial charge in [0.15, 0.2) is 0 Å². The lowest BCUT2D eigenvalue weighted by atomic mass is 10.0. The number of rotatable bonds is 6. The number of benzene rings is 2. The SMILES string of the molecule is Cc1cccc2cc(CNc3ncnc(N)c3C(=N)c3ccc(F)cc3)n(C3CCCC3)c(=O)c12. The zero-order valence-corrected chi connectivity index (χ0v) is 19.5. The molecule has 8 heteroatoms. The molecule has 4 N–H and O–H groups in total. The molecule has 0 bridgehead atoms. The molecule has 1 fully saturated rings. The highest BCUT2D eigenvalue weighted by molar-refractivity contribution is 6.16. The number of nitrogens with two attached hydrogens (primary N) is 1. The molecule has 1 aliphatic rings. The Hall–Kier alpha value is -4.07. The normalized spacial score (nSPS) is 13.9. The second kappa shape index (κ2) is 9.29. The van der Waals surface area contributed by atoms with Gasteiger partial charge in [-0.05, 0) is 61.0 Å². The van der Waals surface area contributed by atoms with Crippen molar-refractivity contribution in [3.8, 4) is 0 Å². The van der Waals surface area contributed by atoms with Gasteiger partial charge in [-0.1, -0.05) is 31.0 Å². The Labute approximate surface area is 202 Å². The lowest BCUT2D eigenvalue weighted by molar-refractivity contribution is 0.488. The monoisotopic (exact) mass is 470 g/mol. The summed E-state index contributed by atoms with van der Waals surface area (Å²) in [5, 5.41) is 13.6. The van der Waals surface area contributed by atoms with Gasteiger partial charge in [0, 0.05) is 17.3 Å². The van der Waals surface area contributed by atoms with Gasteiger partial charge in [-0.25, -0.2) is 14.4 Å². The number of hydrogen-bond acceptors (Lipinski definition) is 6. The molecule has 2 aromatic heterocycles. The molecule has 0 unspecified atom stereocenters. The third kappa shape index (κ3) is 4.27. The summed E-state index contributed by atoms with van der Waals surface area (Å²) in [6.07, 6.45) is 5.51. The van der Waals surface area contributed by atoms with Crippen molar-refractivity contribution in [2.75, 3.05) is 11.1 Å². The van der Waals surface area contributed by atoms with Crippen LogP contribution >= 0.6 is 0 Å². The van der Waals surface area contributed by atoms with Crippen LogP contribution in [0.3, 0.4) is 0 Å². The molecule has 1 saturated carbocycles. The van der Waals surface area contributed by atoms with Crippen molar-refractivity contribution < 1.29 is 4.39 Å². The van der Waals surface area contributed by atoms with Crippen LogP contribution in [0.1, 0.15) is 54.1 Å². The summed E-state index contributed by atoms with van der Waals surface area (Å²) < 4.78 is 15.3. The maximum absolute atomic E-state index is 13.6. The number of hydrogen-bond donors (Lipinski definition) is 3. The molecule has 0 aliphatic heterocycles. The fraction of sp³-hybridized carbons (Fsp3) is 0.259. The maximum atomic E-state index is 13.6. The molecule has 0 saturated heterocycles. The second-order valence-corrected chi connectivity index (χ2v) is 9.01. The molecule has 5 rings (SSSR count). The van der Waals surface area contributed by atoms with Crippen molar-refractivity contribution in [2.45, 2.75) is 45.2 Å². The summed E-state index contributed by atoms with van der Waals surface area (Å²) >= 11 is 0. The summed E-state index contributed by atoms with van der Waals surface area (Å²) in [7, 11) is 0. The smallest absolute Gasteiger partial charge is 0.259 e. The first-order valence-corrected chi connectivity index (χ1v) is 11.8. The van der Waals surface area contributed by atoms with E-state index >= 15 is 0 Å². The van der Waals surface area contributed by atoms with E-state index in [0.29, 0.717) is 23.5 Å². The van der Waals surface area contributed by atoms with Crippen molar-refractivity contribution in [1.82, 2.24) is 14.5 Å². The zero-order valence-electron chi connectivity index (χ0n) is 19.5. The second-order valence-electron chi connectivity index (χ2n) is 9.01. The number of fused-ring (bicyclic) bond motifs is 1. The molecule has 2 aromatic carbocycles. The van der Waals surface area contributed by atoms with E-state index in [1.807, 2.05) is 29.7 Å². The van der Waals surface area contributed by atoms with E-state index in [9.17, 15) is 9.18 Å². The molecule has 0 radical (unpaired) electrons. The number of nitrogens with zero attached hydrogens (tertiary/aromatic N) is 3. The van der Waals surface area contributed by atoms with E-state index in [0.717, 1.165) is 47.7 Å². The largest absolute Gasteiger partial charge is 0.383 e. The van der Waals surface area contributed by atoms with E-state index in [4.69, 9.17) is 11.1 Å². The molecule has 0 spiro atoms. The number of pyridine rings is 1. The number of halogens is 1. The minimum Gasteiger partial charge on any atom is -0.383 e. The van der Waals surface area contributed by atoms with Gasteiger partial charge in [-0.2, -0.15) is 0 Å². The van der Waals surface area contributed by atoms with Gasteiger partial charge in [-0.3, -0.25) is 10.2 Å². The van der Waals surface area contributed by atoms with Gasteiger partial charge in [0.1, 0.15) is 23.8 Å². The average molecular weight is 471 g/mol. The predicted molar refractivity (Wildman–Crippen MR) is 137 cm³/mol. The molecule has 178 valence electrons. The van der Waals surface area contributed by atoms with Crippen LogP contribution in [0, 0.1) is 18.2 Å². The van der Waals surface area contributed by atoms with Gasteiger partial charge >= 0.3 is 0 Å². The molecule has 7 nitrogen and oxygen atoms in total. The van der Waals surface area contributed by atoms with Crippen LogP contribution in [-0.2, 0) is 6.54 Å². The number of aryl methyl sites for hydroxylation is 1. The number of aromatic nitrogens is 3. The van der Waals surface area contributed by atoms with Crippen molar-refractivity contribution >= 4 is 28.1 Å². The number of nitrogen functional groups attached to an aromatic ring is 1. The molecular weight excluding hydrogens is 443 g/mol. The van der Waals surface area contributed by atoms with E-state index in [1.54, 1.807) is 0 Å². The molecule has 4 aromatic rings. The highest BCUT2D eigenvalue weighted by Gasteiger charge is 2.23. The Morgan fingerprint density at radius 3 is 2.66 bits per heavy atom. The minimum atomic E-state index is -0.381. The first-order valence-electron chi connectivity index (χ1n) is 11.8. The van der Waals surface area contributed by atoms with E-state index in [2.05, 4.69) is 21.4 Å². The van der Waals surface area contributed by atoms with Crippen LogP contribution in [0.15, 0.2) is 59.7 Å². The van der Waals surface area contributed by atoms with Crippen LogP contribution in [-0.4, -0.2) is 20.2 Å². The van der Waals surface area contributed by atoms with Crippen LogP contribution in [0.4, 0.5) is 16.0 Å². The van der Waals surface area contributed by atoms with E-state index < -0.39 is 0 Å². The molecular formula is C27H27FN6O. The Bertz CT molecular complexity index is 1470. The number of nitrogens with one attached hydrogen (secondary N) is 2. The third-order valence-electron chi connectivity index (χ3n) is 6.76. The fourth-order valence-corrected chi connectivity index (χ4v) is 5.02. The summed E-state index contributed by atoms with van der Waals surface area (Å²) in [5.74, 6) is 0.161. The summed E-state index contributed by atoms with van der Waals surface area (Å²) in [5.41, 5.74) is 8.93. The van der Waals surface area contributed by atoms with Crippen molar-refractivity contribution in [1.29, 1.82) is 5.41 Å². The molecule has 0 atom stereocenters. The summed E-state index contributed by atoms with van der Waals surface area (Å²) in [6.45, 7) is 2.30. The Kier molecular flexibility index (Phi) is 6.03. The topological polar surface area (TPSA) is 110 Å². The molecule has 35 heavy (non-hydrogen) atoms. The standard InChI is InChI=1S/C27H27FN6O/c1-16-5-4-6-18-13-21(34(27(35)22(16)18)20-7-2-3-8-20)14-31-26-23(25(30)32-15-33-26)24(29)17-9-11-19(28)12-10-17/h4-6,9-13,15,20,29H,2-3,7-8,14H2,1H3,(H3,30,31,32,33). The Morgan fingerprint density at radius 2 is 1.91 bits per heavy atom. The van der Waals surface area contributed by atoms with Crippen LogP contribution in [0.25, 0.3) is 10.8 Å². The van der Waals surface area contributed by atoms with Crippen molar-refractivity contribution in [3.05, 3.63) is 93.4 Å². The van der Waals surface area contributed by atoms with Gasteiger partial charge in [-0.15, -0.1) is 0 Å². The highest BCUT2D eigenvalue weighted by atomic mass is 19.1. The predicted octanol–water partition coefficient (Wildman–Crippen LogP) is 4.96. The summed E-state index contributed by atoms with van der Waals surface area (Å²) in [6, 6.07) is 13.8. The van der Waals surface area contributed by atoms with Gasteiger partial charge in [0.2, 0.25) is 0 Å². The van der Waals surface area contributed by atoms with Crippen molar-refractivity contribution in [3.63, 3.8) is 0 Å². The van der Waals surface area contributed by atoms with Crippen LogP contribution < -0.4 is 16.6 Å². The lowest BCUT2D eigenvalue weighted by Gasteiger charge is -2.22. The van der Waals surface area contributed by atoms with Crippen molar-refractivity contribution in [2.24, 2.45) is 0 Å². The third-order valence-corrected chi connectivity index (χ3v) is 6.76. The molecule has 0 amide bonds.